The van der Waals surface area contributed by atoms with Crippen molar-refractivity contribution in [3.63, 3.8) is 0 Å². The summed E-state index contributed by atoms with van der Waals surface area (Å²) in [7, 11) is 0. The first-order chi connectivity index (χ1) is 11.2. The van der Waals surface area contributed by atoms with Crippen LogP contribution in [0.25, 0.3) is 0 Å². The second kappa shape index (κ2) is 8.44. The van der Waals surface area contributed by atoms with Crippen molar-refractivity contribution in [1.82, 2.24) is 5.32 Å². The molecular weight excluding hydrogens is 290 g/mol. The summed E-state index contributed by atoms with van der Waals surface area (Å²) in [6.45, 7) is 2.84. The van der Waals surface area contributed by atoms with E-state index in [1.807, 2.05) is 30.3 Å². The predicted octanol–water partition coefficient (Wildman–Crippen LogP) is 3.32. The lowest BCUT2D eigenvalue weighted by molar-refractivity contribution is 0.247. The molecule has 2 amide bonds. The summed E-state index contributed by atoms with van der Waals surface area (Å²) < 4.78 is 5.56. The molecule has 2 rings (SSSR count). The molecule has 0 atom stereocenters. The van der Waals surface area contributed by atoms with Gasteiger partial charge in [0.25, 0.3) is 0 Å². The first-order valence-corrected chi connectivity index (χ1v) is 7.48. The van der Waals surface area contributed by atoms with E-state index in [9.17, 15) is 4.79 Å². The molecule has 23 heavy (non-hydrogen) atoms. The Morgan fingerprint density at radius 1 is 1.17 bits per heavy atom. The average molecular weight is 309 g/mol. The first kappa shape index (κ1) is 16.4. The van der Waals surface area contributed by atoms with E-state index in [0.29, 0.717) is 24.4 Å². The molecule has 5 nitrogen and oxygen atoms in total. The number of nitriles is 1. The minimum absolute atomic E-state index is 0.363. The molecule has 2 aromatic rings. The quantitative estimate of drug-likeness (QED) is 0.804. The molecule has 2 N–H and O–H groups in total. The zero-order valence-electron chi connectivity index (χ0n) is 13.0. The highest BCUT2D eigenvalue weighted by Crippen LogP contribution is 2.13. The highest BCUT2D eigenvalue weighted by Gasteiger charge is 2.05. The lowest BCUT2D eigenvalue weighted by atomic mass is 10.2. The predicted molar refractivity (Wildman–Crippen MR) is 89.5 cm³/mol. The van der Waals surface area contributed by atoms with E-state index < -0.39 is 0 Å². The molecule has 0 fully saturated rings. The van der Waals surface area contributed by atoms with E-state index in [-0.39, 0.29) is 6.03 Å². The summed E-state index contributed by atoms with van der Waals surface area (Å²) in [5.74, 6) is 0.777. The number of anilines is 1. The minimum atomic E-state index is -0.363. The molecule has 0 unspecified atom stereocenters. The van der Waals surface area contributed by atoms with Crippen molar-refractivity contribution in [1.29, 1.82) is 5.26 Å². The maximum absolute atomic E-state index is 11.8. The van der Waals surface area contributed by atoms with Crippen molar-refractivity contribution in [3.05, 3.63) is 59.7 Å². The Labute approximate surface area is 135 Å². The average Bonchev–Trinajstić information content (AvgIpc) is 2.59. The Morgan fingerprint density at radius 2 is 1.91 bits per heavy atom. The van der Waals surface area contributed by atoms with Gasteiger partial charge in [0.15, 0.2) is 0 Å². The fourth-order valence-corrected chi connectivity index (χ4v) is 2.01. The van der Waals surface area contributed by atoms with E-state index in [0.717, 1.165) is 12.2 Å². The molecule has 0 aliphatic heterocycles. The molecule has 2 aromatic carbocycles. The zero-order chi connectivity index (χ0) is 16.5. The minimum Gasteiger partial charge on any atom is -0.492 e. The van der Waals surface area contributed by atoms with Gasteiger partial charge in [-0.3, -0.25) is 0 Å². The van der Waals surface area contributed by atoms with Crippen molar-refractivity contribution in [3.8, 4) is 11.8 Å². The van der Waals surface area contributed by atoms with Gasteiger partial charge in [-0.1, -0.05) is 31.2 Å². The molecular formula is C18H19N3O2. The van der Waals surface area contributed by atoms with E-state index in [1.165, 1.54) is 5.56 Å². The molecule has 0 aliphatic carbocycles. The van der Waals surface area contributed by atoms with E-state index in [2.05, 4.69) is 17.6 Å². The van der Waals surface area contributed by atoms with Crippen molar-refractivity contribution in [2.24, 2.45) is 0 Å². The topological polar surface area (TPSA) is 74.2 Å². The van der Waals surface area contributed by atoms with Gasteiger partial charge in [-0.2, -0.15) is 5.26 Å². The first-order valence-electron chi connectivity index (χ1n) is 7.48. The van der Waals surface area contributed by atoms with Crippen LogP contribution in [0.5, 0.6) is 5.75 Å². The Hall–Kier alpha value is -3.00. The Balaban J connectivity index is 1.73. The smallest absolute Gasteiger partial charge is 0.319 e. The van der Waals surface area contributed by atoms with E-state index >= 15 is 0 Å². The third-order valence-electron chi connectivity index (χ3n) is 3.28. The molecule has 0 spiro atoms. The number of nitrogens with one attached hydrogen (secondary N) is 2. The molecule has 5 heteroatoms. The summed E-state index contributed by atoms with van der Waals surface area (Å²) in [5.41, 5.74) is 2.17. The molecule has 0 bridgehead atoms. The zero-order valence-corrected chi connectivity index (χ0v) is 13.0. The number of rotatable bonds is 6. The van der Waals surface area contributed by atoms with Crippen LogP contribution in [-0.2, 0) is 6.42 Å². The number of carbonyl (C=O) groups excluding carboxylic acids is 1. The lowest BCUT2D eigenvalue weighted by Gasteiger charge is -2.10. The summed E-state index contributed by atoms with van der Waals surface area (Å²) >= 11 is 0. The van der Waals surface area contributed by atoms with Crippen molar-refractivity contribution < 1.29 is 9.53 Å². The highest BCUT2D eigenvalue weighted by atomic mass is 16.5. The van der Waals surface area contributed by atoms with Crippen LogP contribution in [0.3, 0.4) is 0 Å². The molecule has 0 radical (unpaired) electrons. The monoisotopic (exact) mass is 309 g/mol. The highest BCUT2D eigenvalue weighted by molar-refractivity contribution is 5.90. The van der Waals surface area contributed by atoms with Crippen LogP contribution < -0.4 is 15.4 Å². The van der Waals surface area contributed by atoms with Gasteiger partial charge in [0, 0.05) is 0 Å². The van der Waals surface area contributed by atoms with Crippen molar-refractivity contribution in [2.45, 2.75) is 13.3 Å². The van der Waals surface area contributed by atoms with Crippen LogP contribution in [0.2, 0.25) is 0 Å². The third-order valence-corrected chi connectivity index (χ3v) is 3.28. The summed E-state index contributed by atoms with van der Waals surface area (Å²) in [5, 5.41) is 14.3. The van der Waals surface area contributed by atoms with Crippen LogP contribution in [0, 0.1) is 11.3 Å². The number of ether oxygens (including phenoxy) is 1. The van der Waals surface area contributed by atoms with E-state index in [1.54, 1.807) is 24.3 Å². The number of carbonyl (C=O) groups is 1. The van der Waals surface area contributed by atoms with E-state index in [4.69, 9.17) is 10.00 Å². The second-order valence-electron chi connectivity index (χ2n) is 4.88. The summed E-state index contributed by atoms with van der Waals surface area (Å²) in [6.07, 6.45) is 0.992. The van der Waals surface area contributed by atoms with Gasteiger partial charge in [0.2, 0.25) is 0 Å². The number of urea groups is 1. The number of hydrogen-bond acceptors (Lipinski definition) is 3. The van der Waals surface area contributed by atoms with Gasteiger partial charge in [0.05, 0.1) is 17.8 Å². The van der Waals surface area contributed by atoms with Crippen molar-refractivity contribution >= 4 is 11.7 Å². The van der Waals surface area contributed by atoms with Crippen LogP contribution in [0.4, 0.5) is 10.5 Å². The third kappa shape index (κ3) is 5.04. The van der Waals surface area contributed by atoms with Gasteiger partial charge in [-0.25, -0.2) is 4.79 Å². The fraction of sp³-hybridized carbons (Fsp3) is 0.222. The number of nitrogens with zero attached hydrogens (tertiary/aromatic N) is 1. The molecule has 0 aliphatic rings. The van der Waals surface area contributed by atoms with Gasteiger partial charge >= 0.3 is 6.03 Å². The van der Waals surface area contributed by atoms with Crippen LogP contribution in [-0.4, -0.2) is 19.2 Å². The van der Waals surface area contributed by atoms with Crippen LogP contribution in [0.1, 0.15) is 18.1 Å². The summed E-state index contributed by atoms with van der Waals surface area (Å²) in [4.78, 5) is 11.8. The number of amides is 2. The normalized spacial score (nSPS) is 9.74. The van der Waals surface area contributed by atoms with Crippen LogP contribution in [0.15, 0.2) is 48.5 Å². The summed E-state index contributed by atoms with van der Waals surface area (Å²) in [6, 6.07) is 16.4. The molecule has 118 valence electrons. The number of benzene rings is 2. The molecule has 0 heterocycles. The van der Waals surface area contributed by atoms with Gasteiger partial charge in [0.1, 0.15) is 18.4 Å². The fourth-order valence-electron chi connectivity index (χ4n) is 2.01. The Morgan fingerprint density at radius 3 is 2.61 bits per heavy atom. The Kier molecular flexibility index (Phi) is 6.01. The standard InChI is InChI=1S/C18H19N3O2/c1-2-14-7-9-16(10-8-14)23-12-11-20-18(22)21-17-6-4-3-5-15(17)13-19/h3-10H,2,11-12H2,1H3,(H2,20,21,22). The number of hydrogen-bond donors (Lipinski definition) is 2. The molecule has 0 saturated carbocycles. The van der Waals surface area contributed by atoms with Crippen LogP contribution >= 0.6 is 0 Å². The number of aryl methyl sites for hydroxylation is 1. The lowest BCUT2D eigenvalue weighted by Crippen LogP contribution is -2.32. The SMILES string of the molecule is CCc1ccc(OCCNC(=O)Nc2ccccc2C#N)cc1. The molecule has 0 saturated heterocycles. The number of para-hydroxylation sites is 1. The maximum Gasteiger partial charge on any atom is 0.319 e. The maximum atomic E-state index is 11.8. The molecule has 0 aromatic heterocycles. The van der Waals surface area contributed by atoms with Crippen molar-refractivity contribution in [2.75, 3.05) is 18.5 Å². The van der Waals surface area contributed by atoms with Gasteiger partial charge in [-0.15, -0.1) is 0 Å². The second-order valence-corrected chi connectivity index (χ2v) is 4.88. The van der Waals surface area contributed by atoms with Gasteiger partial charge < -0.3 is 15.4 Å². The van der Waals surface area contributed by atoms with Gasteiger partial charge in [-0.05, 0) is 36.2 Å². The Bertz CT molecular complexity index is 690. The largest absolute Gasteiger partial charge is 0.492 e.